The fourth-order valence-electron chi connectivity index (χ4n) is 4.50. The predicted octanol–water partition coefficient (Wildman–Crippen LogP) is 2.98. The molecule has 0 spiro atoms. The first-order valence-electron chi connectivity index (χ1n) is 10.1. The maximum atomic E-state index is 5.79. The lowest BCUT2D eigenvalue weighted by atomic mass is 9.92. The maximum absolute atomic E-state index is 5.79. The highest BCUT2D eigenvalue weighted by Gasteiger charge is 2.25. The van der Waals surface area contributed by atoms with E-state index in [2.05, 4.69) is 29.1 Å². The third-order valence-electron chi connectivity index (χ3n) is 6.01. The van der Waals surface area contributed by atoms with Crippen LogP contribution >= 0.6 is 0 Å². The first kappa shape index (κ1) is 17.6. The van der Waals surface area contributed by atoms with Crippen LogP contribution in [0.25, 0.3) is 11.0 Å². The number of aryl methyl sites for hydroxylation is 1. The molecule has 0 saturated carbocycles. The lowest BCUT2D eigenvalue weighted by Gasteiger charge is -2.24. The zero-order chi connectivity index (χ0) is 19.1. The van der Waals surface area contributed by atoms with Crippen molar-refractivity contribution in [2.45, 2.75) is 37.8 Å². The Morgan fingerprint density at radius 1 is 1.32 bits per heavy atom. The van der Waals surface area contributed by atoms with Crippen molar-refractivity contribution >= 4 is 22.4 Å². The molecule has 2 aromatic heterocycles. The molecule has 2 atom stereocenters. The SMILES string of the molecule is CNC1CCc2c(c3cc(N=C4C=CCC5OCCOC5=C4)cnc3n2C)C1. The molecule has 1 aliphatic heterocycles. The first-order chi connectivity index (χ1) is 13.7. The van der Waals surface area contributed by atoms with Gasteiger partial charge in [-0.1, -0.05) is 6.08 Å². The summed E-state index contributed by atoms with van der Waals surface area (Å²) in [5.41, 5.74) is 5.62. The lowest BCUT2D eigenvalue weighted by molar-refractivity contribution is -0.0399. The predicted molar refractivity (Wildman–Crippen MR) is 110 cm³/mol. The van der Waals surface area contributed by atoms with Gasteiger partial charge in [0.25, 0.3) is 0 Å². The number of ether oxygens (including phenoxy) is 2. The second-order valence-corrected chi connectivity index (χ2v) is 7.71. The molecule has 6 heteroatoms. The molecule has 3 aliphatic rings. The van der Waals surface area contributed by atoms with E-state index in [-0.39, 0.29) is 6.10 Å². The molecule has 0 aromatic carbocycles. The summed E-state index contributed by atoms with van der Waals surface area (Å²) in [5.74, 6) is 0.873. The summed E-state index contributed by atoms with van der Waals surface area (Å²) < 4.78 is 13.8. The van der Waals surface area contributed by atoms with Gasteiger partial charge < -0.3 is 19.4 Å². The summed E-state index contributed by atoms with van der Waals surface area (Å²) in [5, 5.41) is 4.65. The third-order valence-corrected chi connectivity index (χ3v) is 6.01. The number of likely N-dealkylation sites (N-methyl/N-ethyl adjacent to an activating group) is 1. The molecule has 1 saturated heterocycles. The Hall–Kier alpha value is -2.44. The van der Waals surface area contributed by atoms with E-state index in [9.17, 15) is 0 Å². The molecule has 3 heterocycles. The minimum atomic E-state index is 0.0120. The number of pyridine rings is 1. The Kier molecular flexibility index (Phi) is 4.53. The van der Waals surface area contributed by atoms with E-state index in [4.69, 9.17) is 19.5 Å². The fourth-order valence-corrected chi connectivity index (χ4v) is 4.50. The van der Waals surface area contributed by atoms with Crippen molar-refractivity contribution in [1.82, 2.24) is 14.9 Å². The molecule has 2 aliphatic carbocycles. The highest BCUT2D eigenvalue weighted by Crippen LogP contribution is 2.32. The third kappa shape index (κ3) is 3.06. The standard InChI is InChI=1S/C22H26N4O2/c1-23-14-6-7-19-17(10-14)18-11-16(13-24-22(18)26(19)2)25-15-4-3-5-20-21(12-15)28-9-8-27-20/h3-4,11-14,20,23H,5-10H2,1-2H3. The summed E-state index contributed by atoms with van der Waals surface area (Å²) in [4.78, 5) is 9.59. The van der Waals surface area contributed by atoms with Crippen molar-refractivity contribution in [2.75, 3.05) is 20.3 Å². The average molecular weight is 378 g/mol. The second-order valence-electron chi connectivity index (χ2n) is 7.71. The highest BCUT2D eigenvalue weighted by atomic mass is 16.6. The van der Waals surface area contributed by atoms with Gasteiger partial charge in [0.2, 0.25) is 0 Å². The van der Waals surface area contributed by atoms with E-state index >= 15 is 0 Å². The van der Waals surface area contributed by atoms with Crippen LogP contribution < -0.4 is 5.32 Å². The Balaban J connectivity index is 1.54. The van der Waals surface area contributed by atoms with Crippen molar-refractivity contribution in [1.29, 1.82) is 0 Å². The molecule has 0 amide bonds. The van der Waals surface area contributed by atoms with Crippen LogP contribution in [0.4, 0.5) is 5.69 Å². The summed E-state index contributed by atoms with van der Waals surface area (Å²) in [6, 6.07) is 2.71. The van der Waals surface area contributed by atoms with Crippen LogP contribution in [-0.2, 0) is 29.4 Å². The van der Waals surface area contributed by atoms with Gasteiger partial charge in [-0.2, -0.15) is 0 Å². The minimum absolute atomic E-state index is 0.0120. The molecular formula is C22H26N4O2. The van der Waals surface area contributed by atoms with E-state index in [1.807, 2.05) is 25.4 Å². The first-order valence-corrected chi connectivity index (χ1v) is 10.1. The molecule has 0 bridgehead atoms. The normalized spacial score (nSPS) is 25.8. The van der Waals surface area contributed by atoms with Gasteiger partial charge in [-0.3, -0.25) is 0 Å². The highest BCUT2D eigenvalue weighted by molar-refractivity contribution is 6.06. The van der Waals surface area contributed by atoms with Crippen molar-refractivity contribution in [3.63, 3.8) is 0 Å². The number of hydrogen-bond acceptors (Lipinski definition) is 5. The summed E-state index contributed by atoms with van der Waals surface area (Å²) in [7, 11) is 4.17. The quantitative estimate of drug-likeness (QED) is 0.873. The topological polar surface area (TPSA) is 60.7 Å². The maximum Gasteiger partial charge on any atom is 0.140 e. The molecule has 28 heavy (non-hydrogen) atoms. The van der Waals surface area contributed by atoms with Crippen LogP contribution in [0.15, 0.2) is 41.2 Å². The monoisotopic (exact) mass is 378 g/mol. The van der Waals surface area contributed by atoms with Gasteiger partial charge >= 0.3 is 0 Å². The van der Waals surface area contributed by atoms with Gasteiger partial charge in [-0.05, 0) is 50.4 Å². The van der Waals surface area contributed by atoms with Crippen LogP contribution in [-0.4, -0.2) is 47.7 Å². The smallest absolute Gasteiger partial charge is 0.140 e. The van der Waals surface area contributed by atoms with Crippen molar-refractivity contribution in [3.05, 3.63) is 47.5 Å². The van der Waals surface area contributed by atoms with Crippen LogP contribution in [0.3, 0.4) is 0 Å². The van der Waals surface area contributed by atoms with Crippen molar-refractivity contribution in [3.8, 4) is 0 Å². The molecule has 146 valence electrons. The van der Waals surface area contributed by atoms with Gasteiger partial charge in [-0.15, -0.1) is 0 Å². The fraction of sp³-hybridized carbons (Fsp3) is 0.455. The van der Waals surface area contributed by atoms with Gasteiger partial charge in [0.15, 0.2) is 0 Å². The number of rotatable bonds is 2. The zero-order valence-electron chi connectivity index (χ0n) is 16.4. The van der Waals surface area contributed by atoms with Crippen LogP contribution in [0.2, 0.25) is 0 Å². The summed E-state index contributed by atoms with van der Waals surface area (Å²) >= 11 is 0. The van der Waals surface area contributed by atoms with Crippen LogP contribution in [0, 0.1) is 0 Å². The summed E-state index contributed by atoms with van der Waals surface area (Å²) in [6.45, 7) is 1.25. The average Bonchev–Trinajstić information content (AvgIpc) is 2.87. The zero-order valence-corrected chi connectivity index (χ0v) is 16.4. The number of hydrogen-bond donors (Lipinski definition) is 1. The molecule has 2 unspecified atom stereocenters. The number of allylic oxidation sites excluding steroid dienone is 2. The number of nitrogens with one attached hydrogen (secondary N) is 1. The summed E-state index contributed by atoms with van der Waals surface area (Å²) in [6.07, 6.45) is 12.1. The molecular weight excluding hydrogens is 352 g/mol. The van der Waals surface area contributed by atoms with Crippen LogP contribution in [0.5, 0.6) is 0 Å². The van der Waals surface area contributed by atoms with Gasteiger partial charge in [0, 0.05) is 30.2 Å². The number of fused-ring (bicyclic) bond motifs is 4. The van der Waals surface area contributed by atoms with Crippen molar-refractivity contribution < 1.29 is 9.47 Å². The number of nitrogens with zero attached hydrogens (tertiary/aromatic N) is 3. The van der Waals surface area contributed by atoms with Crippen molar-refractivity contribution in [2.24, 2.45) is 12.0 Å². The van der Waals surface area contributed by atoms with E-state index < -0.39 is 0 Å². The van der Waals surface area contributed by atoms with Gasteiger partial charge in [0.1, 0.15) is 24.1 Å². The molecule has 1 fully saturated rings. The van der Waals surface area contributed by atoms with E-state index in [1.54, 1.807) is 0 Å². The molecule has 1 N–H and O–H groups in total. The number of aliphatic imine (C=N–C) groups is 1. The number of aromatic nitrogens is 2. The lowest BCUT2D eigenvalue weighted by Crippen LogP contribution is -2.31. The van der Waals surface area contributed by atoms with E-state index in [0.29, 0.717) is 19.3 Å². The second kappa shape index (κ2) is 7.18. The molecule has 2 aromatic rings. The largest absolute Gasteiger partial charge is 0.493 e. The van der Waals surface area contributed by atoms with E-state index in [1.165, 1.54) is 23.1 Å². The Morgan fingerprint density at radius 2 is 2.25 bits per heavy atom. The molecule has 6 nitrogen and oxygen atoms in total. The van der Waals surface area contributed by atoms with Gasteiger partial charge in [-0.25, -0.2) is 9.98 Å². The Morgan fingerprint density at radius 3 is 3.14 bits per heavy atom. The minimum Gasteiger partial charge on any atom is -0.493 e. The van der Waals surface area contributed by atoms with Crippen LogP contribution in [0.1, 0.15) is 24.1 Å². The molecule has 5 rings (SSSR count). The molecule has 0 radical (unpaired) electrons. The van der Waals surface area contributed by atoms with E-state index in [0.717, 1.165) is 42.1 Å². The van der Waals surface area contributed by atoms with Gasteiger partial charge in [0.05, 0.1) is 24.2 Å². The Labute approximate surface area is 165 Å². The Bertz CT molecular complexity index is 1000.